The highest BCUT2D eigenvalue weighted by Gasteiger charge is 2.39. The summed E-state index contributed by atoms with van der Waals surface area (Å²) in [5.41, 5.74) is -2.85. The number of alkyl halides is 3. The average molecular weight is 344 g/mol. The van der Waals surface area contributed by atoms with Crippen molar-refractivity contribution in [3.63, 3.8) is 0 Å². The minimum absolute atomic E-state index is 0. The Hall–Kier alpha value is -0.820. The molecule has 0 amide bonds. The van der Waals surface area contributed by atoms with Gasteiger partial charge >= 0.3 is 6.18 Å². The molecule has 1 fully saturated rings. The van der Waals surface area contributed by atoms with Gasteiger partial charge in [-0.2, -0.15) is 13.2 Å². The van der Waals surface area contributed by atoms with Gasteiger partial charge < -0.3 is 10.4 Å². The summed E-state index contributed by atoms with van der Waals surface area (Å²) >= 11 is 5.50. The van der Waals surface area contributed by atoms with Crippen LogP contribution in [0.3, 0.4) is 0 Å². The SMILES string of the molecule is Cl.O=C(c1ccc(Cl)c(C(F)(F)F)c1)C1(O)CCNCC1. The highest BCUT2D eigenvalue weighted by molar-refractivity contribution is 6.31. The van der Waals surface area contributed by atoms with E-state index in [1.165, 1.54) is 6.07 Å². The largest absolute Gasteiger partial charge is 0.417 e. The number of rotatable bonds is 2. The first-order valence-electron chi connectivity index (χ1n) is 6.09. The second-order valence-electron chi connectivity index (χ2n) is 4.80. The molecule has 1 heterocycles. The van der Waals surface area contributed by atoms with Crippen molar-refractivity contribution < 1.29 is 23.1 Å². The summed E-state index contributed by atoms with van der Waals surface area (Å²) in [5, 5.41) is 12.8. The number of benzene rings is 1. The van der Waals surface area contributed by atoms with E-state index in [1.54, 1.807) is 0 Å². The second-order valence-corrected chi connectivity index (χ2v) is 5.21. The van der Waals surface area contributed by atoms with Crippen molar-refractivity contribution in [1.29, 1.82) is 0 Å². The topological polar surface area (TPSA) is 49.3 Å². The number of hydrogen-bond acceptors (Lipinski definition) is 3. The third-order valence-corrected chi connectivity index (χ3v) is 3.72. The summed E-state index contributed by atoms with van der Waals surface area (Å²) in [6.07, 6.45) is -4.28. The van der Waals surface area contributed by atoms with Crippen LogP contribution in [-0.2, 0) is 6.18 Å². The Balaban J connectivity index is 0.00000220. The van der Waals surface area contributed by atoms with Crippen molar-refractivity contribution >= 4 is 29.8 Å². The van der Waals surface area contributed by atoms with Crippen molar-refractivity contribution in [3.8, 4) is 0 Å². The van der Waals surface area contributed by atoms with E-state index in [2.05, 4.69) is 5.32 Å². The third kappa shape index (κ3) is 3.88. The number of piperidine rings is 1. The first-order valence-corrected chi connectivity index (χ1v) is 6.46. The first-order chi connectivity index (χ1) is 9.24. The lowest BCUT2D eigenvalue weighted by Crippen LogP contribution is -2.47. The molecule has 3 nitrogen and oxygen atoms in total. The minimum atomic E-state index is -4.63. The van der Waals surface area contributed by atoms with E-state index in [0.717, 1.165) is 6.07 Å². The summed E-state index contributed by atoms with van der Waals surface area (Å²) in [6.45, 7) is 0.893. The van der Waals surface area contributed by atoms with Gasteiger partial charge in [-0.15, -0.1) is 12.4 Å². The molecular weight excluding hydrogens is 330 g/mol. The van der Waals surface area contributed by atoms with Gasteiger partial charge in [0.2, 0.25) is 0 Å². The van der Waals surface area contributed by atoms with Gasteiger partial charge in [0, 0.05) is 5.56 Å². The molecule has 1 aromatic carbocycles. The molecule has 0 atom stereocenters. The number of carbonyl (C=O) groups excluding carboxylic acids is 1. The summed E-state index contributed by atoms with van der Waals surface area (Å²) in [5.74, 6) is -0.693. The predicted molar refractivity (Wildman–Crippen MR) is 75.1 cm³/mol. The van der Waals surface area contributed by atoms with Crippen LogP contribution < -0.4 is 5.32 Å². The van der Waals surface area contributed by atoms with Gasteiger partial charge in [-0.1, -0.05) is 11.6 Å². The van der Waals surface area contributed by atoms with Gasteiger partial charge in [-0.3, -0.25) is 4.79 Å². The number of Topliss-reactive ketones (excluding diaryl/α,β-unsaturated/α-hetero) is 1. The molecule has 1 saturated heterocycles. The lowest BCUT2D eigenvalue weighted by molar-refractivity contribution is -0.137. The summed E-state index contributed by atoms with van der Waals surface area (Å²) in [4.78, 5) is 12.2. The number of carbonyl (C=O) groups is 1. The van der Waals surface area contributed by atoms with Crippen LogP contribution >= 0.6 is 24.0 Å². The smallest absolute Gasteiger partial charge is 0.382 e. The lowest BCUT2D eigenvalue weighted by Gasteiger charge is -2.31. The molecule has 2 N–H and O–H groups in total. The maximum absolute atomic E-state index is 12.8. The van der Waals surface area contributed by atoms with E-state index in [-0.39, 0.29) is 30.8 Å². The van der Waals surface area contributed by atoms with Crippen molar-refractivity contribution in [3.05, 3.63) is 34.3 Å². The zero-order valence-corrected chi connectivity index (χ0v) is 12.4. The number of halogens is 5. The molecule has 118 valence electrons. The van der Waals surface area contributed by atoms with Gasteiger partial charge in [0.05, 0.1) is 10.6 Å². The van der Waals surface area contributed by atoms with Crippen molar-refractivity contribution in [1.82, 2.24) is 5.32 Å². The lowest BCUT2D eigenvalue weighted by atomic mass is 9.84. The molecule has 0 spiro atoms. The summed E-state index contributed by atoms with van der Waals surface area (Å²) in [6, 6.07) is 2.94. The zero-order chi connectivity index (χ0) is 15.0. The van der Waals surface area contributed by atoms with Gasteiger partial charge in [0.25, 0.3) is 0 Å². The number of hydrogen-bond donors (Lipinski definition) is 2. The van der Waals surface area contributed by atoms with Crippen molar-refractivity contribution in [2.45, 2.75) is 24.6 Å². The molecule has 0 bridgehead atoms. The van der Waals surface area contributed by atoms with Crippen LogP contribution in [0.2, 0.25) is 5.02 Å². The molecule has 0 aliphatic carbocycles. The Kier molecular flexibility index (Phi) is 5.66. The van der Waals surface area contributed by atoms with Crippen LogP contribution in [-0.4, -0.2) is 29.6 Å². The van der Waals surface area contributed by atoms with Crippen LogP contribution in [0.4, 0.5) is 13.2 Å². The second kappa shape index (κ2) is 6.52. The predicted octanol–water partition coefficient (Wildman–Crippen LogP) is 3.08. The molecule has 2 rings (SSSR count). The molecule has 1 aliphatic heterocycles. The van der Waals surface area contributed by atoms with E-state index in [1.807, 2.05) is 0 Å². The minimum Gasteiger partial charge on any atom is -0.382 e. The van der Waals surface area contributed by atoms with Gasteiger partial charge in [-0.05, 0) is 44.1 Å². The fourth-order valence-corrected chi connectivity index (χ4v) is 2.44. The van der Waals surface area contributed by atoms with Crippen LogP contribution in [0.5, 0.6) is 0 Å². The highest BCUT2D eigenvalue weighted by atomic mass is 35.5. The fourth-order valence-electron chi connectivity index (χ4n) is 2.22. The maximum atomic E-state index is 12.8. The average Bonchev–Trinajstić information content (AvgIpc) is 2.38. The van der Waals surface area contributed by atoms with E-state index in [4.69, 9.17) is 11.6 Å². The quantitative estimate of drug-likeness (QED) is 0.811. The van der Waals surface area contributed by atoms with E-state index in [0.29, 0.717) is 19.2 Å². The van der Waals surface area contributed by atoms with Crippen molar-refractivity contribution in [2.24, 2.45) is 0 Å². The molecule has 21 heavy (non-hydrogen) atoms. The Morgan fingerprint density at radius 2 is 1.86 bits per heavy atom. The third-order valence-electron chi connectivity index (χ3n) is 3.39. The van der Waals surface area contributed by atoms with Crippen molar-refractivity contribution in [2.75, 3.05) is 13.1 Å². The van der Waals surface area contributed by atoms with Crippen LogP contribution in [0.1, 0.15) is 28.8 Å². The Bertz CT molecular complexity index is 529. The Morgan fingerprint density at radius 3 is 2.38 bits per heavy atom. The van der Waals surface area contributed by atoms with E-state index < -0.39 is 28.1 Å². The van der Waals surface area contributed by atoms with E-state index >= 15 is 0 Å². The molecular formula is C13H14Cl2F3NO2. The van der Waals surface area contributed by atoms with Crippen LogP contribution in [0, 0.1) is 0 Å². The molecule has 0 aromatic heterocycles. The molecule has 0 radical (unpaired) electrons. The monoisotopic (exact) mass is 343 g/mol. The fraction of sp³-hybridized carbons (Fsp3) is 0.462. The van der Waals surface area contributed by atoms with Crippen LogP contribution in [0.15, 0.2) is 18.2 Å². The van der Waals surface area contributed by atoms with E-state index in [9.17, 15) is 23.1 Å². The molecule has 1 aromatic rings. The molecule has 1 aliphatic rings. The Morgan fingerprint density at radius 1 is 1.29 bits per heavy atom. The number of nitrogens with one attached hydrogen (secondary N) is 1. The first kappa shape index (κ1) is 18.2. The van der Waals surface area contributed by atoms with Crippen LogP contribution in [0.25, 0.3) is 0 Å². The van der Waals surface area contributed by atoms with Gasteiger partial charge in [0.15, 0.2) is 5.78 Å². The highest BCUT2D eigenvalue weighted by Crippen LogP contribution is 2.36. The number of aliphatic hydroxyl groups is 1. The zero-order valence-electron chi connectivity index (χ0n) is 10.8. The summed E-state index contributed by atoms with van der Waals surface area (Å²) in [7, 11) is 0. The molecule has 0 saturated carbocycles. The standard InChI is InChI=1S/C13H13ClF3NO2.ClH/c14-10-2-1-8(7-9(10)13(15,16)17)11(19)12(20)3-5-18-6-4-12;/h1-2,7,18,20H,3-6H2;1H. The summed E-state index contributed by atoms with van der Waals surface area (Å²) < 4.78 is 38.3. The van der Waals surface area contributed by atoms with Gasteiger partial charge in [-0.25, -0.2) is 0 Å². The number of ketones is 1. The van der Waals surface area contributed by atoms with Gasteiger partial charge in [0.1, 0.15) is 5.60 Å². The molecule has 0 unspecified atom stereocenters. The normalized spacial score (nSPS) is 18.0. The maximum Gasteiger partial charge on any atom is 0.417 e. The molecule has 8 heteroatoms. The Labute approximate surface area is 130 Å².